The van der Waals surface area contributed by atoms with E-state index in [9.17, 15) is 47.9 Å². The molecular formula is C41H73N11O10S2. The fourth-order valence-corrected chi connectivity index (χ4v) is 7.25. The van der Waals surface area contributed by atoms with E-state index in [2.05, 4.69) is 62.5 Å². The molecule has 13 N–H and O–H groups in total. The molecule has 364 valence electrons. The standard InChI is InChI=1S/C41H73N11O10S2/c1-9-21(6)31(50-40(61)33(23(8)11-3)51-39(60)32(22(7)10-2)49-34(55)24(42)18-63)38(59)47-26(16-29(43)53)36(57)48-27(19-64)41(62)52-14-12-13-28(52)37(58)46-25(15-20(4)5)35(56)45-17-30(44)54/h20-28,31-33,63-64H,9-19,42H2,1-8H3,(H2,43,53)(H2,44,54)(H,45,56)(H,46,58)(H,47,59)(H,48,57)(H,49,55)(H,50,61)(H,51,60)/t21-,22-,23-,24-,25-,26-,27-,28-,31-,32-,33-/m0/s1. The van der Waals surface area contributed by atoms with Gasteiger partial charge in [-0.3, -0.25) is 47.9 Å². The second-order valence-electron chi connectivity index (χ2n) is 16.9. The van der Waals surface area contributed by atoms with Crippen LogP contribution in [0.4, 0.5) is 0 Å². The highest BCUT2D eigenvalue weighted by atomic mass is 32.1. The Bertz CT molecular complexity index is 1660. The molecule has 1 saturated heterocycles. The van der Waals surface area contributed by atoms with Gasteiger partial charge in [-0.2, -0.15) is 25.3 Å². The Morgan fingerprint density at radius 1 is 0.594 bits per heavy atom. The first-order valence-corrected chi connectivity index (χ1v) is 23.2. The van der Waals surface area contributed by atoms with Crippen molar-refractivity contribution in [1.82, 2.24) is 42.1 Å². The number of hydrogen-bond donors (Lipinski definition) is 12. The number of hydrogen-bond acceptors (Lipinski definition) is 13. The number of thiol groups is 2. The van der Waals surface area contributed by atoms with Gasteiger partial charge in [0.05, 0.1) is 19.0 Å². The van der Waals surface area contributed by atoms with Gasteiger partial charge in [-0.15, -0.1) is 0 Å². The van der Waals surface area contributed by atoms with Crippen LogP contribution in [-0.2, 0) is 47.9 Å². The normalized spacial score (nSPS) is 18.3. The number of carbonyl (C=O) groups excluding carboxylic acids is 10. The van der Waals surface area contributed by atoms with Crippen LogP contribution >= 0.6 is 25.3 Å². The van der Waals surface area contributed by atoms with Gasteiger partial charge < -0.3 is 59.3 Å². The van der Waals surface area contributed by atoms with Crippen molar-refractivity contribution in [2.45, 2.75) is 149 Å². The molecule has 1 fully saturated rings. The fraction of sp³-hybridized carbons (Fsp3) is 0.756. The van der Waals surface area contributed by atoms with Crippen LogP contribution in [0.1, 0.15) is 100 Å². The van der Waals surface area contributed by atoms with Crippen molar-refractivity contribution in [3.05, 3.63) is 0 Å². The van der Waals surface area contributed by atoms with Crippen molar-refractivity contribution in [2.75, 3.05) is 24.6 Å². The van der Waals surface area contributed by atoms with E-state index in [4.69, 9.17) is 17.2 Å². The molecule has 64 heavy (non-hydrogen) atoms. The molecule has 0 unspecified atom stereocenters. The van der Waals surface area contributed by atoms with E-state index in [1.165, 1.54) is 4.90 Å². The van der Waals surface area contributed by atoms with E-state index >= 15 is 0 Å². The average Bonchev–Trinajstić information content (AvgIpc) is 3.75. The van der Waals surface area contributed by atoms with Crippen molar-refractivity contribution in [2.24, 2.45) is 40.9 Å². The third-order valence-electron chi connectivity index (χ3n) is 11.4. The molecule has 1 heterocycles. The minimum absolute atomic E-state index is 0.0347. The van der Waals surface area contributed by atoms with Gasteiger partial charge in [-0.05, 0) is 42.9 Å². The summed E-state index contributed by atoms with van der Waals surface area (Å²) in [5.41, 5.74) is 16.5. The zero-order valence-corrected chi connectivity index (χ0v) is 40.2. The molecule has 1 rings (SSSR count). The molecule has 0 aromatic rings. The third kappa shape index (κ3) is 18.1. The van der Waals surface area contributed by atoms with E-state index in [0.29, 0.717) is 25.7 Å². The van der Waals surface area contributed by atoms with Gasteiger partial charge >= 0.3 is 0 Å². The molecule has 0 radical (unpaired) electrons. The highest BCUT2D eigenvalue weighted by Gasteiger charge is 2.41. The Balaban J connectivity index is 3.32. The SMILES string of the molecule is CC[C@H](C)[C@H](NC(=O)[C@@H](NC(=O)[C@@H](NC(=O)[C@@H](N)CS)[C@@H](C)CC)[C@@H](C)CC)C(=O)N[C@@H](CC(N)=O)C(=O)N[C@@H](CS)C(=O)N1CCC[C@H]1C(=O)N[C@@H](CC(C)C)C(=O)NCC(N)=O. The van der Waals surface area contributed by atoms with Gasteiger partial charge in [0.1, 0.15) is 42.3 Å². The number of carbonyl (C=O) groups is 10. The Hall–Kier alpha value is -4.64. The van der Waals surface area contributed by atoms with Crippen LogP contribution in [0.5, 0.6) is 0 Å². The van der Waals surface area contributed by atoms with E-state index in [1.54, 1.807) is 27.7 Å². The van der Waals surface area contributed by atoms with Crippen molar-refractivity contribution in [1.29, 1.82) is 0 Å². The molecule has 0 bridgehead atoms. The fourth-order valence-electron chi connectivity index (χ4n) is 6.84. The number of rotatable bonds is 28. The summed E-state index contributed by atoms with van der Waals surface area (Å²) in [6.45, 7) is 14.0. The molecule has 0 spiro atoms. The first-order chi connectivity index (χ1) is 30.0. The minimum atomic E-state index is -1.62. The summed E-state index contributed by atoms with van der Waals surface area (Å²) in [6, 6.07) is -9.48. The molecule has 0 aromatic carbocycles. The zero-order chi connectivity index (χ0) is 49.0. The summed E-state index contributed by atoms with van der Waals surface area (Å²) in [6.07, 6.45) is 1.51. The molecule has 0 saturated carbocycles. The number of nitrogens with one attached hydrogen (secondary N) is 7. The smallest absolute Gasteiger partial charge is 0.246 e. The van der Waals surface area contributed by atoms with E-state index in [0.717, 1.165) is 0 Å². The highest BCUT2D eigenvalue weighted by molar-refractivity contribution is 7.80. The van der Waals surface area contributed by atoms with Gasteiger partial charge in [0, 0.05) is 18.1 Å². The van der Waals surface area contributed by atoms with Crippen LogP contribution in [0.2, 0.25) is 0 Å². The lowest BCUT2D eigenvalue weighted by atomic mass is 9.93. The Morgan fingerprint density at radius 3 is 1.48 bits per heavy atom. The van der Waals surface area contributed by atoms with E-state index in [-0.39, 0.29) is 42.7 Å². The molecule has 21 nitrogen and oxygen atoms in total. The van der Waals surface area contributed by atoms with Crippen LogP contribution in [-0.4, -0.2) is 137 Å². The summed E-state index contributed by atoms with van der Waals surface area (Å²) in [7, 11) is 0. The van der Waals surface area contributed by atoms with Crippen molar-refractivity contribution < 1.29 is 47.9 Å². The van der Waals surface area contributed by atoms with Gasteiger partial charge in [-0.25, -0.2) is 0 Å². The number of likely N-dealkylation sites (tertiary alicyclic amines) is 1. The largest absolute Gasteiger partial charge is 0.370 e. The van der Waals surface area contributed by atoms with Gasteiger partial charge in [0.2, 0.25) is 59.1 Å². The van der Waals surface area contributed by atoms with Crippen LogP contribution in [0.15, 0.2) is 0 Å². The molecule has 1 aliphatic rings. The van der Waals surface area contributed by atoms with E-state index < -0.39 is 132 Å². The first-order valence-electron chi connectivity index (χ1n) is 21.9. The lowest BCUT2D eigenvalue weighted by molar-refractivity contribution is -0.142. The van der Waals surface area contributed by atoms with Crippen LogP contribution in [0.3, 0.4) is 0 Å². The predicted octanol–water partition coefficient (Wildman–Crippen LogP) is -2.27. The molecule has 0 aromatic heterocycles. The van der Waals surface area contributed by atoms with Crippen LogP contribution in [0, 0.1) is 23.7 Å². The molecule has 10 amide bonds. The van der Waals surface area contributed by atoms with Crippen molar-refractivity contribution in [3.8, 4) is 0 Å². The summed E-state index contributed by atoms with van der Waals surface area (Å²) in [5.74, 6) is -9.03. The summed E-state index contributed by atoms with van der Waals surface area (Å²) in [4.78, 5) is 133. The molecular weight excluding hydrogens is 871 g/mol. The van der Waals surface area contributed by atoms with Gasteiger partial charge in [0.15, 0.2) is 0 Å². The number of nitrogens with zero attached hydrogens (tertiary/aromatic N) is 1. The number of amides is 10. The minimum Gasteiger partial charge on any atom is -0.370 e. The highest BCUT2D eigenvalue weighted by Crippen LogP contribution is 2.20. The summed E-state index contributed by atoms with van der Waals surface area (Å²) < 4.78 is 0. The lowest BCUT2D eigenvalue weighted by Gasteiger charge is -2.32. The maximum atomic E-state index is 14.0. The van der Waals surface area contributed by atoms with Gasteiger partial charge in [-0.1, -0.05) is 74.7 Å². The molecule has 23 heteroatoms. The average molecular weight is 944 g/mol. The Labute approximate surface area is 387 Å². The lowest BCUT2D eigenvalue weighted by Crippen LogP contribution is -2.62. The van der Waals surface area contributed by atoms with Gasteiger partial charge in [0.25, 0.3) is 0 Å². The maximum Gasteiger partial charge on any atom is 0.246 e. The molecule has 0 aliphatic carbocycles. The second-order valence-corrected chi connectivity index (χ2v) is 17.7. The molecule has 11 atom stereocenters. The zero-order valence-electron chi connectivity index (χ0n) is 38.4. The van der Waals surface area contributed by atoms with Crippen LogP contribution < -0.4 is 54.4 Å². The molecule has 1 aliphatic heterocycles. The first kappa shape index (κ1) is 57.4. The van der Waals surface area contributed by atoms with Crippen molar-refractivity contribution >= 4 is 84.3 Å². The quantitative estimate of drug-likeness (QED) is 0.0372. The second kappa shape index (κ2) is 28.3. The summed E-state index contributed by atoms with van der Waals surface area (Å²) in [5, 5.41) is 18.2. The Morgan fingerprint density at radius 2 is 1.06 bits per heavy atom. The number of nitrogens with two attached hydrogens (primary N) is 3. The topological polar surface area (TPSA) is 336 Å². The third-order valence-corrected chi connectivity index (χ3v) is 12.1. The van der Waals surface area contributed by atoms with E-state index in [1.807, 2.05) is 27.7 Å². The van der Waals surface area contributed by atoms with Crippen LogP contribution in [0.25, 0.3) is 0 Å². The summed E-state index contributed by atoms with van der Waals surface area (Å²) >= 11 is 8.33. The predicted molar refractivity (Wildman–Crippen MR) is 246 cm³/mol. The van der Waals surface area contributed by atoms with Crippen molar-refractivity contribution in [3.63, 3.8) is 0 Å². The maximum absolute atomic E-state index is 14.0. The Kier molecular flexibility index (Phi) is 25.4. The number of primary amides is 2. The monoisotopic (exact) mass is 943 g/mol.